The quantitative estimate of drug-likeness (QED) is 0.665. The minimum atomic E-state index is -0.321. The summed E-state index contributed by atoms with van der Waals surface area (Å²) >= 11 is 0. The number of aliphatic hydroxyl groups is 1. The second-order valence-electron chi connectivity index (χ2n) is 6.32. The van der Waals surface area contributed by atoms with E-state index in [1.165, 1.54) is 12.8 Å². The molecule has 118 valence electrons. The third-order valence-corrected chi connectivity index (χ3v) is 4.31. The van der Waals surface area contributed by atoms with Gasteiger partial charge in [-0.25, -0.2) is 4.79 Å². The number of amides is 2. The van der Waals surface area contributed by atoms with E-state index >= 15 is 0 Å². The summed E-state index contributed by atoms with van der Waals surface area (Å²) in [6.45, 7) is 10.2. The van der Waals surface area contributed by atoms with Crippen LogP contribution in [0.15, 0.2) is 0 Å². The van der Waals surface area contributed by atoms with Crippen LogP contribution in [0.2, 0.25) is 0 Å². The fourth-order valence-electron chi connectivity index (χ4n) is 2.71. The summed E-state index contributed by atoms with van der Waals surface area (Å²) in [5.74, 6) is 0.769. The second-order valence-corrected chi connectivity index (χ2v) is 6.32. The van der Waals surface area contributed by atoms with Crippen molar-refractivity contribution in [1.29, 1.82) is 0 Å². The van der Waals surface area contributed by atoms with Gasteiger partial charge in [0, 0.05) is 31.8 Å². The maximum Gasteiger partial charge on any atom is 0.315 e. The largest absolute Gasteiger partial charge is 0.396 e. The monoisotopic (exact) mass is 285 g/mol. The summed E-state index contributed by atoms with van der Waals surface area (Å²) in [5.41, 5.74) is -0.321. The zero-order chi connectivity index (χ0) is 15.0. The molecule has 3 N–H and O–H groups in total. The van der Waals surface area contributed by atoms with Crippen LogP contribution in [0.3, 0.4) is 0 Å². The van der Waals surface area contributed by atoms with Gasteiger partial charge in [-0.3, -0.25) is 0 Å². The molecule has 1 saturated heterocycles. The highest BCUT2D eigenvalue weighted by Gasteiger charge is 2.23. The molecule has 0 radical (unpaired) electrons. The Morgan fingerprint density at radius 2 is 2.25 bits per heavy atom. The van der Waals surface area contributed by atoms with E-state index in [0.717, 1.165) is 32.0 Å². The first-order valence-electron chi connectivity index (χ1n) is 7.88. The smallest absolute Gasteiger partial charge is 0.315 e. The van der Waals surface area contributed by atoms with E-state index in [1.54, 1.807) is 0 Å². The number of rotatable bonds is 7. The number of carbonyl (C=O) groups excluding carboxylic acids is 1. The molecule has 1 aliphatic rings. The molecular weight excluding hydrogens is 254 g/mol. The van der Waals surface area contributed by atoms with Crippen molar-refractivity contribution in [3.05, 3.63) is 0 Å². The average Bonchev–Trinajstić information content (AvgIpc) is 2.39. The second kappa shape index (κ2) is 8.47. The van der Waals surface area contributed by atoms with E-state index in [4.69, 9.17) is 5.11 Å². The Balaban J connectivity index is 2.22. The number of nitrogens with zero attached hydrogens (tertiary/aromatic N) is 1. The lowest BCUT2D eigenvalue weighted by molar-refractivity contribution is 0.180. The number of urea groups is 1. The average molecular weight is 285 g/mol. The van der Waals surface area contributed by atoms with Crippen molar-refractivity contribution in [2.24, 2.45) is 5.92 Å². The van der Waals surface area contributed by atoms with Crippen LogP contribution in [0.25, 0.3) is 0 Å². The lowest BCUT2D eigenvalue weighted by Gasteiger charge is -2.31. The van der Waals surface area contributed by atoms with Crippen molar-refractivity contribution in [3.8, 4) is 0 Å². The number of hydrogen-bond donors (Lipinski definition) is 3. The van der Waals surface area contributed by atoms with Crippen LogP contribution in [0.4, 0.5) is 4.79 Å². The molecule has 0 aromatic rings. The van der Waals surface area contributed by atoms with Gasteiger partial charge in [0.2, 0.25) is 0 Å². The molecule has 1 aliphatic heterocycles. The Bertz CT molecular complexity index is 299. The topological polar surface area (TPSA) is 64.6 Å². The summed E-state index contributed by atoms with van der Waals surface area (Å²) in [6.07, 6.45) is 3.98. The van der Waals surface area contributed by atoms with Crippen molar-refractivity contribution in [1.82, 2.24) is 15.5 Å². The van der Waals surface area contributed by atoms with Crippen molar-refractivity contribution >= 4 is 6.03 Å². The van der Waals surface area contributed by atoms with E-state index in [9.17, 15) is 4.79 Å². The Hall–Kier alpha value is -0.810. The molecule has 0 aromatic heterocycles. The number of carbonyl (C=O) groups is 1. The molecule has 1 heterocycles. The van der Waals surface area contributed by atoms with E-state index in [1.807, 2.05) is 13.8 Å². The highest BCUT2D eigenvalue weighted by Crippen LogP contribution is 2.15. The normalized spacial score (nSPS) is 23.1. The Kier molecular flexibility index (Phi) is 7.30. The molecular formula is C15H31N3O2. The number of piperidine rings is 1. The number of aliphatic hydroxyl groups excluding tert-OH is 1. The molecule has 5 nitrogen and oxygen atoms in total. The first kappa shape index (κ1) is 17.2. The van der Waals surface area contributed by atoms with Crippen molar-refractivity contribution in [3.63, 3.8) is 0 Å². The van der Waals surface area contributed by atoms with Crippen LogP contribution in [0.1, 0.15) is 46.5 Å². The van der Waals surface area contributed by atoms with Gasteiger partial charge < -0.3 is 20.6 Å². The van der Waals surface area contributed by atoms with Crippen molar-refractivity contribution in [2.45, 2.75) is 52.0 Å². The van der Waals surface area contributed by atoms with Gasteiger partial charge in [-0.05, 0) is 45.1 Å². The molecule has 0 bridgehead atoms. The maximum atomic E-state index is 11.9. The highest BCUT2D eigenvalue weighted by molar-refractivity contribution is 5.74. The summed E-state index contributed by atoms with van der Waals surface area (Å²) in [4.78, 5) is 14.3. The fraction of sp³-hybridized carbons (Fsp3) is 0.933. The summed E-state index contributed by atoms with van der Waals surface area (Å²) in [6, 6.07) is -0.132. The molecule has 2 atom stereocenters. The van der Waals surface area contributed by atoms with Crippen LogP contribution in [-0.2, 0) is 0 Å². The number of nitrogens with one attached hydrogen (secondary N) is 2. The SMILES string of the molecule is CCC(C)(CCO)NC(=O)NCCN1CCCC(C)C1. The lowest BCUT2D eigenvalue weighted by atomic mass is 9.95. The van der Waals surface area contributed by atoms with E-state index < -0.39 is 0 Å². The van der Waals surface area contributed by atoms with Crippen LogP contribution < -0.4 is 10.6 Å². The first-order chi connectivity index (χ1) is 9.49. The molecule has 20 heavy (non-hydrogen) atoms. The first-order valence-corrected chi connectivity index (χ1v) is 7.88. The van der Waals surface area contributed by atoms with Crippen molar-refractivity contribution in [2.75, 3.05) is 32.8 Å². The minimum absolute atomic E-state index is 0.0935. The molecule has 0 aromatic carbocycles. The van der Waals surface area contributed by atoms with Gasteiger partial charge in [-0.2, -0.15) is 0 Å². The van der Waals surface area contributed by atoms with Gasteiger partial charge in [0.05, 0.1) is 0 Å². The van der Waals surface area contributed by atoms with E-state index in [2.05, 4.69) is 22.5 Å². The molecule has 2 unspecified atom stereocenters. The molecule has 1 rings (SSSR count). The van der Waals surface area contributed by atoms with Gasteiger partial charge in [0.15, 0.2) is 0 Å². The molecule has 0 aliphatic carbocycles. The Labute approximate surface area is 123 Å². The molecule has 0 saturated carbocycles. The molecule has 1 fully saturated rings. The predicted molar refractivity (Wildman–Crippen MR) is 81.8 cm³/mol. The van der Waals surface area contributed by atoms with Gasteiger partial charge in [0.25, 0.3) is 0 Å². The fourth-order valence-corrected chi connectivity index (χ4v) is 2.71. The number of likely N-dealkylation sites (tertiary alicyclic amines) is 1. The summed E-state index contributed by atoms with van der Waals surface area (Å²) in [5, 5.41) is 14.9. The zero-order valence-corrected chi connectivity index (χ0v) is 13.2. The molecule has 2 amide bonds. The summed E-state index contributed by atoms with van der Waals surface area (Å²) < 4.78 is 0. The van der Waals surface area contributed by atoms with E-state index in [-0.39, 0.29) is 18.2 Å². The lowest BCUT2D eigenvalue weighted by Crippen LogP contribution is -2.51. The van der Waals surface area contributed by atoms with Gasteiger partial charge in [-0.15, -0.1) is 0 Å². The zero-order valence-electron chi connectivity index (χ0n) is 13.2. The molecule has 0 spiro atoms. The van der Waals surface area contributed by atoms with Crippen molar-refractivity contribution < 1.29 is 9.90 Å². The van der Waals surface area contributed by atoms with Gasteiger partial charge in [0.1, 0.15) is 0 Å². The minimum Gasteiger partial charge on any atom is -0.396 e. The van der Waals surface area contributed by atoms with Crippen LogP contribution in [-0.4, -0.2) is 54.4 Å². The van der Waals surface area contributed by atoms with Crippen LogP contribution in [0, 0.1) is 5.92 Å². The van der Waals surface area contributed by atoms with Gasteiger partial charge in [-0.1, -0.05) is 13.8 Å². The Morgan fingerprint density at radius 1 is 1.50 bits per heavy atom. The van der Waals surface area contributed by atoms with Gasteiger partial charge >= 0.3 is 6.03 Å². The van der Waals surface area contributed by atoms with Crippen LogP contribution >= 0.6 is 0 Å². The third kappa shape index (κ3) is 6.09. The Morgan fingerprint density at radius 3 is 2.85 bits per heavy atom. The highest BCUT2D eigenvalue weighted by atomic mass is 16.3. The van der Waals surface area contributed by atoms with Crippen LogP contribution in [0.5, 0.6) is 0 Å². The standard InChI is InChI=1S/C15H31N3O2/c1-4-15(3,7-11-19)17-14(20)16-8-10-18-9-5-6-13(2)12-18/h13,19H,4-12H2,1-3H3,(H2,16,17,20). The number of hydrogen-bond acceptors (Lipinski definition) is 3. The predicted octanol–water partition coefficient (Wildman–Crippen LogP) is 1.57. The van der Waals surface area contributed by atoms with E-state index in [0.29, 0.717) is 13.0 Å². The molecule has 5 heteroatoms. The maximum absolute atomic E-state index is 11.9. The summed E-state index contributed by atoms with van der Waals surface area (Å²) in [7, 11) is 0. The third-order valence-electron chi connectivity index (χ3n) is 4.31.